The summed E-state index contributed by atoms with van der Waals surface area (Å²) in [6.07, 6.45) is -0.167. The molecule has 12 heavy (non-hydrogen) atoms. The van der Waals surface area contributed by atoms with Gasteiger partial charge < -0.3 is 24.9 Å². The first-order chi connectivity index (χ1) is 4.37. The molecule has 0 aromatic rings. The molecule has 0 aliphatic heterocycles. The van der Waals surface area contributed by atoms with E-state index in [-0.39, 0.29) is 65.2 Å². The largest absolute Gasteiger partial charge is 1.00 e. The standard InChI is InChI=1S/C3H8O.C2H2O4.2Na/c1-3(2)4;3-1(4)2(5)6;;/h3-4H,1-2H3;(H,3,4)(H,5,6);;/q;;2*+1/p-2. The van der Waals surface area contributed by atoms with Crippen LogP contribution in [0.1, 0.15) is 13.8 Å². The van der Waals surface area contributed by atoms with Crippen molar-refractivity contribution in [1.29, 1.82) is 0 Å². The minimum Gasteiger partial charge on any atom is -0.543 e. The van der Waals surface area contributed by atoms with E-state index in [2.05, 4.69) is 0 Å². The van der Waals surface area contributed by atoms with Gasteiger partial charge in [-0.15, -0.1) is 0 Å². The molecule has 0 amide bonds. The fourth-order valence-corrected chi connectivity index (χ4v) is 0. The minimum absolute atomic E-state index is 0. The second-order valence-electron chi connectivity index (χ2n) is 1.67. The van der Waals surface area contributed by atoms with Crippen LogP contribution in [-0.4, -0.2) is 23.1 Å². The Morgan fingerprint density at radius 3 is 1.17 bits per heavy atom. The smallest absolute Gasteiger partial charge is 0.543 e. The van der Waals surface area contributed by atoms with Crippen molar-refractivity contribution in [1.82, 2.24) is 0 Å². The van der Waals surface area contributed by atoms with Gasteiger partial charge in [-0.05, 0) is 13.8 Å². The third kappa shape index (κ3) is 44.5. The van der Waals surface area contributed by atoms with Crippen LogP contribution in [0.4, 0.5) is 0 Å². The van der Waals surface area contributed by atoms with Gasteiger partial charge in [0.1, 0.15) is 0 Å². The summed E-state index contributed by atoms with van der Waals surface area (Å²) >= 11 is 0. The number of aliphatic carboxylic acids is 2. The first-order valence-corrected chi connectivity index (χ1v) is 2.48. The Bertz CT molecular complexity index is 110. The molecule has 0 unspecified atom stereocenters. The summed E-state index contributed by atoms with van der Waals surface area (Å²) in [6, 6.07) is 0. The SMILES string of the molecule is CC(C)O.O=C([O-])C(=O)[O-].[Na+].[Na+]. The van der Waals surface area contributed by atoms with Gasteiger partial charge in [0.15, 0.2) is 0 Å². The monoisotopic (exact) mass is 194 g/mol. The van der Waals surface area contributed by atoms with E-state index in [1.54, 1.807) is 13.8 Å². The van der Waals surface area contributed by atoms with Gasteiger partial charge in [0.05, 0.1) is 11.9 Å². The molecule has 1 N–H and O–H groups in total. The average molecular weight is 194 g/mol. The summed E-state index contributed by atoms with van der Waals surface area (Å²) in [4.78, 5) is 17.9. The van der Waals surface area contributed by atoms with Gasteiger partial charge in [0.2, 0.25) is 0 Å². The number of carbonyl (C=O) groups excluding carboxylic acids is 2. The minimum atomic E-state index is -2.19. The van der Waals surface area contributed by atoms with Crippen molar-refractivity contribution in [3.05, 3.63) is 0 Å². The van der Waals surface area contributed by atoms with E-state index in [0.717, 1.165) is 0 Å². The fraction of sp³-hybridized carbons (Fsp3) is 0.600. The van der Waals surface area contributed by atoms with Crippen molar-refractivity contribution in [3.8, 4) is 0 Å². The van der Waals surface area contributed by atoms with Crippen molar-refractivity contribution in [2.24, 2.45) is 0 Å². The van der Waals surface area contributed by atoms with Crippen molar-refractivity contribution in [2.45, 2.75) is 20.0 Å². The predicted molar refractivity (Wildman–Crippen MR) is 27.4 cm³/mol. The van der Waals surface area contributed by atoms with Crippen LogP contribution in [0.3, 0.4) is 0 Å². The Kier molecular flexibility index (Phi) is 27.7. The van der Waals surface area contributed by atoms with E-state index in [1.165, 1.54) is 0 Å². The second-order valence-corrected chi connectivity index (χ2v) is 1.67. The van der Waals surface area contributed by atoms with Crippen molar-refractivity contribution < 1.29 is 84.0 Å². The molecule has 0 saturated carbocycles. The van der Waals surface area contributed by atoms with Gasteiger partial charge in [-0.2, -0.15) is 0 Å². The van der Waals surface area contributed by atoms with Crippen LogP contribution in [0.25, 0.3) is 0 Å². The fourth-order valence-electron chi connectivity index (χ4n) is 0. The number of carboxylic acids is 2. The third-order valence-electron chi connectivity index (χ3n) is 0.167. The summed E-state index contributed by atoms with van der Waals surface area (Å²) in [5.41, 5.74) is 0. The van der Waals surface area contributed by atoms with E-state index in [0.29, 0.717) is 0 Å². The van der Waals surface area contributed by atoms with Gasteiger partial charge >= 0.3 is 59.1 Å². The molecule has 0 aromatic carbocycles. The van der Waals surface area contributed by atoms with E-state index in [9.17, 15) is 0 Å². The quantitative estimate of drug-likeness (QED) is 0.305. The number of aliphatic hydroxyl groups is 1. The van der Waals surface area contributed by atoms with E-state index >= 15 is 0 Å². The van der Waals surface area contributed by atoms with Crippen molar-refractivity contribution in [3.63, 3.8) is 0 Å². The van der Waals surface area contributed by atoms with Crippen LogP contribution in [-0.2, 0) is 9.59 Å². The van der Waals surface area contributed by atoms with Crippen LogP contribution in [0, 0.1) is 0 Å². The van der Waals surface area contributed by atoms with E-state index in [1.807, 2.05) is 0 Å². The molecular weight excluding hydrogens is 186 g/mol. The molecule has 7 heteroatoms. The number of hydrogen-bond acceptors (Lipinski definition) is 5. The van der Waals surface area contributed by atoms with E-state index in [4.69, 9.17) is 24.9 Å². The van der Waals surface area contributed by atoms with Crippen LogP contribution in [0.5, 0.6) is 0 Å². The number of aliphatic hydroxyl groups excluding tert-OH is 1. The number of carboxylic acid groups (broad SMARTS) is 2. The average Bonchev–Trinajstić information content (AvgIpc) is 1.63. The normalized spacial score (nSPS) is 6.67. The Morgan fingerprint density at radius 2 is 1.17 bits per heavy atom. The molecule has 0 aromatic heterocycles. The van der Waals surface area contributed by atoms with Crippen LogP contribution < -0.4 is 69.3 Å². The van der Waals surface area contributed by atoms with Crippen molar-refractivity contribution in [2.75, 3.05) is 0 Å². The number of carbonyl (C=O) groups is 2. The van der Waals surface area contributed by atoms with Gasteiger partial charge in [-0.1, -0.05) is 0 Å². The number of hydrogen-bond donors (Lipinski definition) is 1. The molecule has 0 saturated heterocycles. The molecule has 0 aliphatic rings. The molecule has 5 nitrogen and oxygen atoms in total. The first-order valence-electron chi connectivity index (χ1n) is 2.48. The molecular formula is C5H8Na2O5. The zero-order chi connectivity index (χ0) is 8.73. The van der Waals surface area contributed by atoms with Gasteiger partial charge in [0.25, 0.3) is 0 Å². The van der Waals surface area contributed by atoms with Gasteiger partial charge in [-0.3, -0.25) is 0 Å². The van der Waals surface area contributed by atoms with E-state index < -0.39 is 11.9 Å². The van der Waals surface area contributed by atoms with Gasteiger partial charge in [0, 0.05) is 6.10 Å². The topological polar surface area (TPSA) is 100 Å². The summed E-state index contributed by atoms with van der Waals surface area (Å²) in [5, 5.41) is 25.9. The maximum atomic E-state index is 8.93. The maximum absolute atomic E-state index is 8.93. The third-order valence-corrected chi connectivity index (χ3v) is 0.167. The Hall–Kier alpha value is 0.900. The molecule has 0 atom stereocenters. The molecule has 0 bridgehead atoms. The van der Waals surface area contributed by atoms with Crippen LogP contribution >= 0.6 is 0 Å². The zero-order valence-corrected chi connectivity index (χ0v) is 11.7. The maximum Gasteiger partial charge on any atom is 1.00 e. The molecule has 0 heterocycles. The summed E-state index contributed by atoms with van der Waals surface area (Å²) in [5.74, 6) is -4.37. The Balaban J connectivity index is -0.0000000483. The summed E-state index contributed by atoms with van der Waals surface area (Å²) in [7, 11) is 0. The molecule has 0 rings (SSSR count). The van der Waals surface area contributed by atoms with Crippen LogP contribution in [0.2, 0.25) is 0 Å². The molecule has 0 aliphatic carbocycles. The predicted octanol–water partition coefficient (Wildman–Crippen LogP) is -9.12. The second kappa shape index (κ2) is 14.4. The molecule has 0 fully saturated rings. The first kappa shape index (κ1) is 23.1. The summed E-state index contributed by atoms with van der Waals surface area (Å²) in [6.45, 7) is 3.44. The molecule has 60 valence electrons. The molecule has 0 radical (unpaired) electrons. The Morgan fingerprint density at radius 1 is 1.08 bits per heavy atom. The summed E-state index contributed by atoms with van der Waals surface area (Å²) < 4.78 is 0. The van der Waals surface area contributed by atoms with Crippen LogP contribution in [0.15, 0.2) is 0 Å². The Labute approximate surface area is 115 Å². The van der Waals surface area contributed by atoms with Crippen molar-refractivity contribution >= 4 is 11.9 Å². The zero-order valence-electron chi connectivity index (χ0n) is 7.66. The number of rotatable bonds is 0. The molecule has 0 spiro atoms. The van der Waals surface area contributed by atoms with Gasteiger partial charge in [-0.25, -0.2) is 0 Å².